The summed E-state index contributed by atoms with van der Waals surface area (Å²) < 4.78 is 5.35. The van der Waals surface area contributed by atoms with Crippen molar-refractivity contribution in [2.75, 3.05) is 39.4 Å². The molecule has 0 amide bonds. The molecular weight excluding hydrogens is 222 g/mol. The first-order chi connectivity index (χ1) is 7.61. The highest BCUT2D eigenvalue weighted by atomic mass is 32.1. The Hall–Kier alpha value is 0.190. The van der Waals surface area contributed by atoms with E-state index in [1.807, 2.05) is 0 Å². The van der Waals surface area contributed by atoms with Crippen LogP contribution in [0.4, 0.5) is 0 Å². The largest absolute Gasteiger partial charge is 0.379 e. The minimum atomic E-state index is -0.0352. The topological polar surface area (TPSA) is 50.5 Å². The maximum atomic E-state index is 5.56. The molecule has 3 N–H and O–H groups in total. The molecule has 0 saturated carbocycles. The van der Waals surface area contributed by atoms with Gasteiger partial charge in [-0.3, -0.25) is 10.2 Å². The summed E-state index contributed by atoms with van der Waals surface area (Å²) in [6.07, 6.45) is 1.30. The highest BCUT2D eigenvalue weighted by molar-refractivity contribution is 7.81. The van der Waals surface area contributed by atoms with Crippen LogP contribution in [0, 0.1) is 0 Å². The number of thiol groups is 1. The number of nitrogens with two attached hydrogens (primary N) is 1. The maximum absolute atomic E-state index is 5.56. The first kappa shape index (κ1) is 14.3. The lowest BCUT2D eigenvalue weighted by atomic mass is 10.0. The van der Waals surface area contributed by atoms with Crippen molar-refractivity contribution in [3.63, 3.8) is 0 Å². The third-order valence-corrected chi connectivity index (χ3v) is 3.76. The fourth-order valence-corrected chi connectivity index (χ4v) is 2.25. The fourth-order valence-electron chi connectivity index (χ4n) is 1.99. The molecule has 0 spiro atoms. The molecule has 5 heteroatoms. The van der Waals surface area contributed by atoms with E-state index < -0.39 is 0 Å². The number of nitrogens with zero attached hydrogens (tertiary/aromatic N) is 1. The summed E-state index contributed by atoms with van der Waals surface area (Å²) in [7, 11) is 0. The Bertz CT molecular complexity index is 196. The zero-order valence-corrected chi connectivity index (χ0v) is 11.3. The van der Waals surface area contributed by atoms with Crippen molar-refractivity contribution < 1.29 is 4.74 Å². The lowest BCUT2D eigenvalue weighted by Crippen LogP contribution is -2.59. The second-order valence-corrected chi connectivity index (χ2v) is 5.53. The van der Waals surface area contributed by atoms with E-state index in [9.17, 15) is 0 Å². The van der Waals surface area contributed by atoms with Gasteiger partial charge in [-0.2, -0.15) is 12.6 Å². The minimum absolute atomic E-state index is 0.0352. The van der Waals surface area contributed by atoms with Gasteiger partial charge in [-0.25, -0.2) is 0 Å². The molecule has 0 aromatic carbocycles. The van der Waals surface area contributed by atoms with Crippen LogP contribution in [0.1, 0.15) is 20.3 Å². The lowest BCUT2D eigenvalue weighted by Gasteiger charge is -2.43. The summed E-state index contributed by atoms with van der Waals surface area (Å²) in [6.45, 7) is 9.41. The van der Waals surface area contributed by atoms with Crippen LogP contribution in [0.3, 0.4) is 0 Å². The van der Waals surface area contributed by atoms with Gasteiger partial charge in [-0.1, -0.05) is 6.92 Å². The van der Waals surface area contributed by atoms with E-state index in [0.717, 1.165) is 39.3 Å². The first-order valence-corrected chi connectivity index (χ1v) is 6.54. The van der Waals surface area contributed by atoms with E-state index in [1.165, 1.54) is 0 Å². The molecule has 0 aromatic rings. The van der Waals surface area contributed by atoms with Gasteiger partial charge >= 0.3 is 0 Å². The van der Waals surface area contributed by atoms with Gasteiger partial charge in [0, 0.05) is 30.9 Å². The van der Waals surface area contributed by atoms with Crippen molar-refractivity contribution >= 4 is 12.6 Å². The quantitative estimate of drug-likeness (QED) is 0.591. The number of rotatable bonds is 6. The molecule has 1 aliphatic rings. The number of hydrogen-bond acceptors (Lipinski definition) is 5. The van der Waals surface area contributed by atoms with Crippen molar-refractivity contribution in [1.82, 2.24) is 10.2 Å². The molecule has 1 aliphatic heterocycles. The maximum Gasteiger partial charge on any atom is 0.0745 e. The van der Waals surface area contributed by atoms with Crippen LogP contribution in [-0.2, 0) is 4.74 Å². The number of ether oxygens (including phenoxy) is 1. The van der Waals surface area contributed by atoms with Crippen LogP contribution < -0.4 is 11.1 Å². The zero-order valence-electron chi connectivity index (χ0n) is 10.4. The average molecular weight is 247 g/mol. The zero-order chi connectivity index (χ0) is 12.0. The molecule has 1 heterocycles. The van der Waals surface area contributed by atoms with Crippen LogP contribution in [-0.4, -0.2) is 55.2 Å². The first-order valence-electron chi connectivity index (χ1n) is 6.09. The Kier molecular flexibility index (Phi) is 6.07. The summed E-state index contributed by atoms with van der Waals surface area (Å²) in [5, 5.41) is 3.50. The van der Waals surface area contributed by atoms with Crippen molar-refractivity contribution in [2.45, 2.75) is 31.2 Å². The third-order valence-electron chi connectivity index (χ3n) is 3.20. The van der Waals surface area contributed by atoms with Gasteiger partial charge in [0.25, 0.3) is 0 Å². The Labute approximate surface area is 104 Å². The van der Waals surface area contributed by atoms with E-state index in [-0.39, 0.29) is 10.9 Å². The van der Waals surface area contributed by atoms with Crippen LogP contribution in [0.25, 0.3) is 0 Å². The van der Waals surface area contributed by atoms with Gasteiger partial charge in [-0.05, 0) is 13.3 Å². The average Bonchev–Trinajstić information content (AvgIpc) is 2.31. The Morgan fingerprint density at radius 1 is 1.50 bits per heavy atom. The van der Waals surface area contributed by atoms with Crippen molar-refractivity contribution in [3.05, 3.63) is 0 Å². The van der Waals surface area contributed by atoms with E-state index in [0.29, 0.717) is 6.54 Å². The van der Waals surface area contributed by atoms with Crippen LogP contribution in [0.2, 0.25) is 0 Å². The molecule has 1 fully saturated rings. The monoisotopic (exact) mass is 247 g/mol. The SMILES string of the molecule is CCC(C)(S)C(NCCN)N1CCOCC1. The minimum Gasteiger partial charge on any atom is -0.379 e. The molecule has 16 heavy (non-hydrogen) atoms. The van der Waals surface area contributed by atoms with E-state index in [2.05, 4.69) is 24.1 Å². The standard InChI is InChI=1S/C11H25N3OS/c1-3-11(2,16)10(13-5-4-12)14-6-8-15-9-7-14/h10,13,16H,3-9,12H2,1-2H3. The molecule has 96 valence electrons. The molecule has 2 atom stereocenters. The fraction of sp³-hybridized carbons (Fsp3) is 1.00. The predicted octanol–water partition coefficient (Wildman–Crippen LogP) is 0.292. The molecule has 0 radical (unpaired) electrons. The normalized spacial score (nSPS) is 24.0. The van der Waals surface area contributed by atoms with Gasteiger partial charge in [0.1, 0.15) is 0 Å². The van der Waals surface area contributed by atoms with Crippen LogP contribution in [0.15, 0.2) is 0 Å². The molecule has 2 unspecified atom stereocenters. The summed E-state index contributed by atoms with van der Waals surface area (Å²) in [4.78, 5) is 2.41. The second kappa shape index (κ2) is 6.81. The molecular formula is C11H25N3OS. The van der Waals surface area contributed by atoms with Crippen molar-refractivity contribution in [2.24, 2.45) is 5.73 Å². The predicted molar refractivity (Wildman–Crippen MR) is 70.9 cm³/mol. The summed E-state index contributed by atoms with van der Waals surface area (Å²) in [5.74, 6) is 0. The molecule has 0 aliphatic carbocycles. The van der Waals surface area contributed by atoms with E-state index in [1.54, 1.807) is 0 Å². The highest BCUT2D eigenvalue weighted by Gasteiger charge is 2.33. The van der Waals surface area contributed by atoms with E-state index in [4.69, 9.17) is 23.1 Å². The van der Waals surface area contributed by atoms with Crippen LogP contribution in [0.5, 0.6) is 0 Å². The lowest BCUT2D eigenvalue weighted by molar-refractivity contribution is 0.000145. The summed E-state index contributed by atoms with van der Waals surface area (Å²) in [5.41, 5.74) is 5.56. The van der Waals surface area contributed by atoms with Gasteiger partial charge in [0.05, 0.1) is 19.4 Å². The molecule has 0 aromatic heterocycles. The highest BCUT2D eigenvalue weighted by Crippen LogP contribution is 2.25. The molecule has 1 rings (SSSR count). The number of morpholine rings is 1. The Morgan fingerprint density at radius 2 is 2.12 bits per heavy atom. The van der Waals surface area contributed by atoms with Gasteiger partial charge < -0.3 is 10.5 Å². The Balaban J connectivity index is 2.61. The third kappa shape index (κ3) is 3.89. The van der Waals surface area contributed by atoms with Crippen molar-refractivity contribution in [1.29, 1.82) is 0 Å². The smallest absolute Gasteiger partial charge is 0.0745 e. The Morgan fingerprint density at radius 3 is 2.62 bits per heavy atom. The van der Waals surface area contributed by atoms with Crippen molar-refractivity contribution in [3.8, 4) is 0 Å². The van der Waals surface area contributed by atoms with Gasteiger partial charge in [0.2, 0.25) is 0 Å². The van der Waals surface area contributed by atoms with Gasteiger partial charge in [0.15, 0.2) is 0 Å². The van der Waals surface area contributed by atoms with Crippen LogP contribution >= 0.6 is 12.6 Å². The summed E-state index contributed by atoms with van der Waals surface area (Å²) >= 11 is 4.78. The number of nitrogens with one attached hydrogen (secondary N) is 1. The number of hydrogen-bond donors (Lipinski definition) is 3. The van der Waals surface area contributed by atoms with Gasteiger partial charge in [-0.15, -0.1) is 0 Å². The molecule has 4 nitrogen and oxygen atoms in total. The summed E-state index contributed by atoms with van der Waals surface area (Å²) in [6, 6.07) is 0. The molecule has 1 saturated heterocycles. The second-order valence-electron chi connectivity index (χ2n) is 4.50. The van der Waals surface area contributed by atoms with E-state index >= 15 is 0 Å². The molecule has 0 bridgehead atoms.